The van der Waals surface area contributed by atoms with Crippen molar-refractivity contribution in [3.05, 3.63) is 455 Å². The largest absolute Gasteiger partial charge is 0.309 e. The van der Waals surface area contributed by atoms with Gasteiger partial charge in [-0.3, -0.25) is 13.2 Å². The molecule has 0 saturated carbocycles. The summed E-state index contributed by atoms with van der Waals surface area (Å²) in [5.41, 5.74) is 11.4. The average molecular weight is 1710 g/mol. The molecule has 9 nitrogen and oxygen atoms in total. The zero-order chi connectivity index (χ0) is 85.6. The number of rotatable bonds is 9. The van der Waals surface area contributed by atoms with Gasteiger partial charge in [0.15, 0.2) is 21.4 Å². The molecule has 21 aromatic carbocycles. The minimum Gasteiger partial charge on any atom is -0.309 e. The fourth-order valence-electron chi connectivity index (χ4n) is 20.4. The van der Waals surface area contributed by atoms with Crippen molar-refractivity contribution in [3.63, 3.8) is 0 Å². The topological polar surface area (TPSA) is 103 Å². The first-order valence-electron chi connectivity index (χ1n) is 43.5. The van der Waals surface area contributed by atoms with Crippen LogP contribution >= 0.6 is 21.4 Å². The molecule has 0 fully saturated rings. The van der Waals surface area contributed by atoms with E-state index in [9.17, 15) is 0 Å². The zero-order valence-electron chi connectivity index (χ0n) is 69.6. The average Bonchev–Trinajstić information content (AvgIpc) is 1.59. The maximum absolute atomic E-state index is 15.8. The van der Waals surface area contributed by atoms with Gasteiger partial charge >= 0.3 is 0 Å². The molecule has 6 heterocycles. The maximum atomic E-state index is 15.8. The third-order valence-corrected chi connectivity index (χ3v) is 35.6. The van der Waals surface area contributed by atoms with Crippen molar-refractivity contribution in [2.45, 2.75) is 0 Å². The van der Waals surface area contributed by atoms with E-state index in [-0.39, 0.29) is 0 Å². The second kappa shape index (κ2) is 30.0. The first-order chi connectivity index (χ1) is 63.6. The summed E-state index contributed by atoms with van der Waals surface area (Å²) in [4.78, 5) is 15.9. The van der Waals surface area contributed by atoms with Gasteiger partial charge in [0.25, 0.3) is 0 Å². The third kappa shape index (κ3) is 11.9. The van der Waals surface area contributed by atoms with E-state index in [1.165, 1.54) is 75.4 Å². The molecular weight excluding hydrogens is 1630 g/mol. The first kappa shape index (κ1) is 75.8. The van der Waals surface area contributed by atoms with Gasteiger partial charge in [0.1, 0.15) is 16.9 Å². The molecule has 0 radical (unpaired) electrons. The van der Waals surface area contributed by atoms with Crippen LogP contribution in [-0.2, 0) is 13.7 Å². The van der Waals surface area contributed by atoms with Crippen molar-refractivity contribution in [1.29, 1.82) is 0 Å². The van der Waals surface area contributed by atoms with Gasteiger partial charge in [-0.05, 0) is 166 Å². The Morgan fingerprint density at radius 2 is 0.473 bits per heavy atom. The van der Waals surface area contributed by atoms with E-state index in [2.05, 4.69) is 250 Å². The number of hydrogen-bond acceptors (Lipinski definition) is 6. The van der Waals surface area contributed by atoms with E-state index in [1.54, 1.807) is 0 Å². The fourth-order valence-corrected chi connectivity index (χ4v) is 28.5. The number of nitrogens with zero attached hydrogens (tertiary/aromatic N) is 6. The Hall–Kier alpha value is -15.7. The molecule has 0 aliphatic rings. The molecular formula is C117H75N6O3P3. The number of pyridine rings is 3. The quantitative estimate of drug-likeness (QED) is 0.0810. The molecule has 0 N–H and O–H groups in total. The highest BCUT2D eigenvalue weighted by Gasteiger charge is 2.36. The van der Waals surface area contributed by atoms with Gasteiger partial charge in [-0.15, -0.1) is 0 Å². The second-order valence-corrected chi connectivity index (χ2v) is 41.7. The van der Waals surface area contributed by atoms with Crippen LogP contribution in [0.5, 0.6) is 0 Å². The molecule has 0 aliphatic heterocycles. The number of para-hydroxylation sites is 1. The molecule has 0 amide bonds. The third-order valence-electron chi connectivity index (χ3n) is 26.4. The second-order valence-electron chi connectivity index (χ2n) is 33.4. The number of fused-ring (bicyclic) bond motifs is 33. The summed E-state index contributed by atoms with van der Waals surface area (Å²) in [5, 5.41) is 31.8. The highest BCUT2D eigenvalue weighted by Crippen LogP contribution is 2.50. The van der Waals surface area contributed by atoms with Crippen molar-refractivity contribution < 1.29 is 13.7 Å². The van der Waals surface area contributed by atoms with Crippen LogP contribution in [-0.4, -0.2) is 28.2 Å². The standard InChI is InChI=1S/3C39H25N2OP/c42-43(29-15-3-1-4-16-29,30-17-5-2-6-18-30)36-21-11-20-34-38(36)41-35-25-28-14-8-7-13-27(28)24-33(35)32-23-22-26-12-9-10-19-31(26)37(32)39(41)40-34;42-43(29-14-3-1-4-15-29,30-16-5-2-6-17-30)31-20-22-36-35(25-31)40-39-38-32-18-10-9-11-26(32)19-21-33(38)34-23-27-12-7-8-13-28(27)24-37(34)41(36)39;42-43(29-14-3-1-4-15-29,30-16-5-2-6-17-30)31-20-22-35-37(25-31)41-36-24-28-13-8-7-12-27(28)23-34(36)33-21-19-26-11-9-10-18-32(26)38(33)39(41)40-35/h3*1-25H. The highest BCUT2D eigenvalue weighted by atomic mass is 31.2. The predicted octanol–water partition coefficient (Wildman–Crippen LogP) is 26.2. The lowest BCUT2D eigenvalue weighted by Gasteiger charge is -2.21. The van der Waals surface area contributed by atoms with E-state index in [0.717, 1.165) is 152 Å². The van der Waals surface area contributed by atoms with Gasteiger partial charge in [-0.25, -0.2) is 15.0 Å². The molecule has 0 unspecified atom stereocenters. The van der Waals surface area contributed by atoms with E-state index >= 15 is 13.7 Å². The Labute approximate surface area is 740 Å². The fraction of sp³-hybridized carbons (Fsp3) is 0. The minimum atomic E-state index is -3.29. The van der Waals surface area contributed by atoms with Crippen LogP contribution in [0, 0.1) is 0 Å². The molecule has 606 valence electrons. The summed E-state index contributed by atoms with van der Waals surface area (Å²) in [7, 11) is -9.59. The summed E-state index contributed by atoms with van der Waals surface area (Å²) >= 11 is 0. The molecule has 0 spiro atoms. The van der Waals surface area contributed by atoms with Crippen LogP contribution in [0.3, 0.4) is 0 Å². The molecule has 12 heteroatoms. The molecule has 27 aromatic rings. The van der Waals surface area contributed by atoms with Crippen molar-refractivity contribution in [3.8, 4) is 0 Å². The number of aromatic nitrogens is 6. The Bertz CT molecular complexity index is 9290. The smallest absolute Gasteiger partial charge is 0.173 e. The predicted molar refractivity (Wildman–Crippen MR) is 546 cm³/mol. The van der Waals surface area contributed by atoms with E-state index < -0.39 is 21.4 Å². The molecule has 27 rings (SSSR count). The maximum Gasteiger partial charge on any atom is 0.173 e. The number of imidazole rings is 3. The number of benzene rings is 21. The SMILES string of the molecule is O=P(c1ccccc1)(c1ccccc1)c1ccc2c(c1)nc1c3c4ccccc4ccc3c3cc4ccccc4cc3n21.O=P(c1ccccc1)(c1ccccc1)c1ccc2nc3c4c5ccccc5ccc4c4cc5ccccc5cc4n3c2c1.O=P(c1ccccc1)(c1ccccc1)c1cccc2nc3c4c5ccccc5ccc4c4cc5ccccc5cc4n3c12. The van der Waals surface area contributed by atoms with Crippen LogP contribution in [0.2, 0.25) is 0 Å². The van der Waals surface area contributed by atoms with E-state index in [4.69, 9.17) is 15.0 Å². The molecule has 6 aromatic heterocycles. The van der Waals surface area contributed by atoms with Gasteiger partial charge in [-0.1, -0.05) is 370 Å². The highest BCUT2D eigenvalue weighted by molar-refractivity contribution is 7.86. The lowest BCUT2D eigenvalue weighted by Crippen LogP contribution is -2.26. The van der Waals surface area contributed by atoms with E-state index in [0.29, 0.717) is 0 Å². The van der Waals surface area contributed by atoms with Crippen LogP contribution in [0.1, 0.15) is 0 Å². The molecule has 0 aliphatic carbocycles. The van der Waals surface area contributed by atoms with Gasteiger partial charge in [0.2, 0.25) is 0 Å². The summed E-state index contributed by atoms with van der Waals surface area (Å²) in [6, 6.07) is 156. The van der Waals surface area contributed by atoms with Crippen molar-refractivity contribution in [1.82, 2.24) is 28.2 Å². The summed E-state index contributed by atoms with van der Waals surface area (Å²) in [6.07, 6.45) is 0. The summed E-state index contributed by atoms with van der Waals surface area (Å²) in [6.45, 7) is 0. The van der Waals surface area contributed by atoms with Gasteiger partial charge < -0.3 is 13.7 Å². The molecule has 129 heavy (non-hydrogen) atoms. The molecule has 0 saturated heterocycles. The van der Waals surface area contributed by atoms with Crippen molar-refractivity contribution in [2.75, 3.05) is 0 Å². The first-order valence-corrected chi connectivity index (χ1v) is 48.6. The Balaban J connectivity index is 0.000000105. The number of hydrogen-bond donors (Lipinski definition) is 0. The monoisotopic (exact) mass is 1700 g/mol. The van der Waals surface area contributed by atoms with Crippen molar-refractivity contribution in [2.24, 2.45) is 0 Å². The van der Waals surface area contributed by atoms with E-state index in [1.807, 2.05) is 218 Å². The molecule has 0 bridgehead atoms. The van der Waals surface area contributed by atoms with Crippen LogP contribution in [0.4, 0.5) is 0 Å². The Kier molecular flexibility index (Phi) is 17.6. The van der Waals surface area contributed by atoms with Gasteiger partial charge in [0.05, 0.1) is 49.7 Å². The van der Waals surface area contributed by atoms with Crippen molar-refractivity contribution >= 4 is 249 Å². The Morgan fingerprint density at radius 1 is 0.171 bits per heavy atom. The van der Waals surface area contributed by atoms with Gasteiger partial charge in [-0.2, -0.15) is 0 Å². The molecule has 0 atom stereocenters. The minimum absolute atomic E-state index is 0.782. The normalized spacial score (nSPS) is 12.3. The van der Waals surface area contributed by atoms with Gasteiger partial charge in [0, 0.05) is 80.1 Å². The van der Waals surface area contributed by atoms with Crippen LogP contribution < -0.4 is 47.7 Å². The van der Waals surface area contributed by atoms with Crippen LogP contribution in [0.15, 0.2) is 455 Å². The zero-order valence-corrected chi connectivity index (χ0v) is 72.2. The summed E-state index contributed by atoms with van der Waals surface area (Å²) in [5.74, 6) is 0. The Morgan fingerprint density at radius 3 is 0.868 bits per heavy atom. The lowest BCUT2D eigenvalue weighted by atomic mass is 9.98. The van der Waals surface area contributed by atoms with Crippen LogP contribution in [0.25, 0.3) is 180 Å². The summed E-state index contributed by atoms with van der Waals surface area (Å²) < 4.78 is 53.1. The lowest BCUT2D eigenvalue weighted by molar-refractivity contribution is 0.591.